The molecule has 0 fully saturated rings. The van der Waals surface area contributed by atoms with Crippen LogP contribution >= 0.6 is 23.5 Å². The molecule has 2 aromatic rings. The third-order valence-corrected chi connectivity index (χ3v) is 5.61. The van der Waals surface area contributed by atoms with Crippen LogP contribution in [-0.4, -0.2) is 10.3 Å². The summed E-state index contributed by atoms with van der Waals surface area (Å²) in [5.41, 5.74) is 2.86. The van der Waals surface area contributed by atoms with Gasteiger partial charge in [-0.2, -0.15) is 0 Å². The Hall–Kier alpha value is -0.860. The fraction of sp³-hybridized carbons (Fsp3) is 0.294. The van der Waals surface area contributed by atoms with Gasteiger partial charge in [0.2, 0.25) is 0 Å². The van der Waals surface area contributed by atoms with Crippen molar-refractivity contribution in [3.8, 4) is 0 Å². The number of hydrogen-bond donors (Lipinski definition) is 0. The summed E-state index contributed by atoms with van der Waals surface area (Å²) in [6.45, 7) is 2.31. The van der Waals surface area contributed by atoms with Gasteiger partial charge in [-0.25, -0.2) is 0 Å². The van der Waals surface area contributed by atoms with Crippen LogP contribution in [0.25, 0.3) is 0 Å². The van der Waals surface area contributed by atoms with E-state index in [2.05, 4.69) is 79.3 Å². The Morgan fingerprint density at radius 3 is 2.00 bits per heavy atom. The Morgan fingerprint density at radius 1 is 0.789 bits per heavy atom. The van der Waals surface area contributed by atoms with Gasteiger partial charge in [-0.05, 0) is 30.2 Å². The maximum absolute atomic E-state index is 2.31. The van der Waals surface area contributed by atoms with Gasteiger partial charge in [0.05, 0.1) is 0 Å². The maximum atomic E-state index is 2.31. The molecule has 0 radical (unpaired) electrons. The lowest BCUT2D eigenvalue weighted by molar-refractivity contribution is 1.15. The maximum Gasteiger partial charge on any atom is 0.0477 e. The molecule has 1 unspecified atom stereocenters. The Balaban J connectivity index is 1.64. The molecule has 1 atom stereocenters. The second-order valence-electron chi connectivity index (χ2n) is 4.47. The van der Waals surface area contributed by atoms with E-state index in [0.29, 0.717) is 4.58 Å². The fourth-order valence-electron chi connectivity index (χ4n) is 1.82. The molecule has 0 aliphatic carbocycles. The van der Waals surface area contributed by atoms with Crippen LogP contribution in [-0.2, 0) is 12.2 Å². The van der Waals surface area contributed by atoms with Crippen molar-refractivity contribution in [2.24, 2.45) is 0 Å². The number of hydrogen-bond acceptors (Lipinski definition) is 2. The van der Waals surface area contributed by atoms with Gasteiger partial charge in [0.25, 0.3) is 0 Å². The molecule has 19 heavy (non-hydrogen) atoms. The van der Waals surface area contributed by atoms with Crippen molar-refractivity contribution < 1.29 is 0 Å². The largest absolute Gasteiger partial charge is 0.148 e. The van der Waals surface area contributed by atoms with Gasteiger partial charge in [-0.15, -0.1) is 23.5 Å². The van der Waals surface area contributed by atoms with E-state index in [0.717, 1.165) is 5.75 Å². The fourth-order valence-corrected chi connectivity index (χ4v) is 4.01. The van der Waals surface area contributed by atoms with Crippen LogP contribution < -0.4 is 0 Å². The first-order valence-electron chi connectivity index (χ1n) is 6.65. The van der Waals surface area contributed by atoms with E-state index in [1.807, 2.05) is 11.8 Å². The number of rotatable bonds is 7. The summed E-state index contributed by atoms with van der Waals surface area (Å²) in [7, 11) is 0. The van der Waals surface area contributed by atoms with Crippen molar-refractivity contribution >= 4 is 23.5 Å². The van der Waals surface area contributed by atoms with Gasteiger partial charge in [0, 0.05) is 10.3 Å². The molecule has 0 saturated carbocycles. The Kier molecular flexibility index (Phi) is 6.38. The minimum absolute atomic E-state index is 0.656. The van der Waals surface area contributed by atoms with Crippen LogP contribution in [0.3, 0.4) is 0 Å². The zero-order chi connectivity index (χ0) is 13.3. The van der Waals surface area contributed by atoms with Crippen molar-refractivity contribution in [3.05, 3.63) is 71.8 Å². The molecule has 0 amide bonds. The van der Waals surface area contributed by atoms with Crippen molar-refractivity contribution in [3.63, 3.8) is 0 Å². The molecule has 2 rings (SSSR count). The first kappa shape index (κ1) is 14.5. The van der Waals surface area contributed by atoms with Gasteiger partial charge in [0.1, 0.15) is 0 Å². The highest BCUT2D eigenvalue weighted by Crippen LogP contribution is 2.26. The van der Waals surface area contributed by atoms with E-state index in [1.165, 1.54) is 23.3 Å². The van der Waals surface area contributed by atoms with Crippen molar-refractivity contribution in [1.29, 1.82) is 0 Å². The highest BCUT2D eigenvalue weighted by Gasteiger charge is 2.03. The van der Waals surface area contributed by atoms with Gasteiger partial charge >= 0.3 is 0 Å². The molecule has 100 valence electrons. The molecule has 0 N–H and O–H groups in total. The Bertz CT molecular complexity index is 453. The van der Waals surface area contributed by atoms with E-state index in [9.17, 15) is 0 Å². The molecule has 0 aliphatic rings. The zero-order valence-corrected chi connectivity index (χ0v) is 12.9. The van der Waals surface area contributed by atoms with Crippen LogP contribution in [0.2, 0.25) is 0 Å². The summed E-state index contributed by atoms with van der Waals surface area (Å²) in [5, 5.41) is 0. The van der Waals surface area contributed by atoms with Crippen molar-refractivity contribution in [1.82, 2.24) is 0 Å². The first-order chi connectivity index (χ1) is 9.34. The average Bonchev–Trinajstić information content (AvgIpc) is 2.47. The lowest BCUT2D eigenvalue weighted by Crippen LogP contribution is -1.95. The second kappa shape index (κ2) is 8.34. The first-order valence-corrected chi connectivity index (χ1v) is 8.75. The van der Waals surface area contributed by atoms with Crippen LogP contribution in [0.4, 0.5) is 0 Å². The Labute approximate surface area is 125 Å². The van der Waals surface area contributed by atoms with Crippen LogP contribution in [0, 0.1) is 0 Å². The van der Waals surface area contributed by atoms with E-state index in [-0.39, 0.29) is 0 Å². The second-order valence-corrected chi connectivity index (χ2v) is 7.55. The SMILES string of the molecule is CC(SCCc1ccccc1)SCc1ccccc1. The third-order valence-electron chi connectivity index (χ3n) is 2.91. The quantitative estimate of drug-likeness (QED) is 0.639. The average molecular weight is 288 g/mol. The monoisotopic (exact) mass is 288 g/mol. The molecule has 0 saturated heterocycles. The van der Waals surface area contributed by atoms with Crippen LogP contribution in [0.15, 0.2) is 60.7 Å². The highest BCUT2D eigenvalue weighted by molar-refractivity contribution is 8.16. The van der Waals surface area contributed by atoms with Crippen LogP contribution in [0.1, 0.15) is 18.1 Å². The summed E-state index contributed by atoms with van der Waals surface area (Å²) in [5.74, 6) is 2.31. The molecular weight excluding hydrogens is 268 g/mol. The minimum Gasteiger partial charge on any atom is -0.148 e. The standard InChI is InChI=1S/C17H20S2/c1-15(19-14-17-10-6-3-7-11-17)18-13-12-16-8-4-2-5-9-16/h2-11,15H,12-14H2,1H3. The molecular formula is C17H20S2. The predicted octanol–water partition coefficient (Wildman–Crippen LogP) is 5.24. The van der Waals surface area contributed by atoms with Crippen molar-refractivity contribution in [2.45, 2.75) is 23.7 Å². The molecule has 2 aromatic carbocycles. The topological polar surface area (TPSA) is 0 Å². The molecule has 0 aromatic heterocycles. The van der Waals surface area contributed by atoms with Crippen LogP contribution in [0.5, 0.6) is 0 Å². The molecule has 0 bridgehead atoms. The molecule has 0 heterocycles. The molecule has 0 spiro atoms. The normalized spacial score (nSPS) is 12.3. The highest BCUT2D eigenvalue weighted by atomic mass is 32.2. The van der Waals surface area contributed by atoms with Crippen molar-refractivity contribution in [2.75, 3.05) is 5.75 Å². The molecule has 0 aliphatic heterocycles. The summed E-state index contributed by atoms with van der Waals surface area (Å²) >= 11 is 4.08. The number of aryl methyl sites for hydroxylation is 1. The third kappa shape index (κ3) is 5.75. The molecule has 2 heteroatoms. The smallest absolute Gasteiger partial charge is 0.0477 e. The van der Waals surface area contributed by atoms with Gasteiger partial charge in [0.15, 0.2) is 0 Å². The van der Waals surface area contributed by atoms with E-state index in [4.69, 9.17) is 0 Å². The van der Waals surface area contributed by atoms with Gasteiger partial charge in [-0.1, -0.05) is 60.7 Å². The predicted molar refractivity (Wildman–Crippen MR) is 89.8 cm³/mol. The van der Waals surface area contributed by atoms with E-state index in [1.54, 1.807) is 0 Å². The molecule has 0 nitrogen and oxygen atoms in total. The summed E-state index contributed by atoms with van der Waals surface area (Å²) < 4.78 is 0.656. The lowest BCUT2D eigenvalue weighted by atomic mass is 10.2. The lowest BCUT2D eigenvalue weighted by Gasteiger charge is -2.11. The summed E-state index contributed by atoms with van der Waals surface area (Å²) in [6, 6.07) is 21.4. The minimum atomic E-state index is 0.656. The number of thioether (sulfide) groups is 2. The number of benzene rings is 2. The summed E-state index contributed by atoms with van der Waals surface area (Å²) in [6.07, 6.45) is 1.17. The van der Waals surface area contributed by atoms with Gasteiger partial charge in [-0.3, -0.25) is 0 Å². The van der Waals surface area contributed by atoms with Gasteiger partial charge < -0.3 is 0 Å². The van der Waals surface area contributed by atoms with E-state index >= 15 is 0 Å². The Morgan fingerprint density at radius 2 is 1.37 bits per heavy atom. The summed E-state index contributed by atoms with van der Waals surface area (Å²) in [4.78, 5) is 0. The van der Waals surface area contributed by atoms with E-state index < -0.39 is 0 Å². The zero-order valence-electron chi connectivity index (χ0n) is 11.3.